The number of benzene rings is 1. The van der Waals surface area contributed by atoms with Gasteiger partial charge in [-0.3, -0.25) is 9.69 Å². The van der Waals surface area contributed by atoms with E-state index in [1.54, 1.807) is 0 Å². The molecule has 1 amide bonds. The van der Waals surface area contributed by atoms with Gasteiger partial charge in [0, 0.05) is 18.0 Å². The van der Waals surface area contributed by atoms with Gasteiger partial charge in [0.15, 0.2) is 5.13 Å². The van der Waals surface area contributed by atoms with Crippen LogP contribution in [0.25, 0.3) is 10.2 Å². The number of aryl methyl sites for hydroxylation is 1. The van der Waals surface area contributed by atoms with Crippen LogP contribution >= 0.6 is 35.3 Å². The van der Waals surface area contributed by atoms with E-state index in [2.05, 4.69) is 9.88 Å². The van der Waals surface area contributed by atoms with Crippen molar-refractivity contribution in [1.82, 2.24) is 9.88 Å². The molecule has 0 aliphatic rings. The van der Waals surface area contributed by atoms with Crippen LogP contribution in [0, 0.1) is 6.92 Å². The second kappa shape index (κ2) is 8.83. The minimum atomic E-state index is 0. The Labute approximate surface area is 152 Å². The smallest absolute Gasteiger partial charge is 0.228 e. The molecule has 0 spiro atoms. The van der Waals surface area contributed by atoms with Crippen molar-refractivity contribution < 1.29 is 4.79 Å². The van der Waals surface area contributed by atoms with Gasteiger partial charge < -0.3 is 4.90 Å². The largest absolute Gasteiger partial charge is 0.309 e. The van der Waals surface area contributed by atoms with E-state index in [9.17, 15) is 4.79 Å². The van der Waals surface area contributed by atoms with Crippen molar-refractivity contribution in [2.24, 2.45) is 0 Å². The number of fused-ring (bicyclic) bond motifs is 1. The molecule has 23 heavy (non-hydrogen) atoms. The van der Waals surface area contributed by atoms with Gasteiger partial charge in [0.1, 0.15) is 0 Å². The summed E-state index contributed by atoms with van der Waals surface area (Å²) in [6.45, 7) is 5.52. The molecule has 0 aliphatic carbocycles. The quantitative estimate of drug-likeness (QED) is 0.751. The van der Waals surface area contributed by atoms with Crippen LogP contribution in [0.5, 0.6) is 0 Å². The number of nitrogens with zero attached hydrogens (tertiary/aromatic N) is 3. The lowest BCUT2D eigenvalue weighted by molar-refractivity contribution is -0.118. The predicted molar refractivity (Wildman–Crippen MR) is 102 cm³/mol. The van der Waals surface area contributed by atoms with Gasteiger partial charge in [-0.2, -0.15) is 0 Å². The Kier molecular flexibility index (Phi) is 7.74. The van der Waals surface area contributed by atoms with Crippen molar-refractivity contribution in [3.05, 3.63) is 22.7 Å². The first-order chi connectivity index (χ1) is 10.4. The molecule has 1 heterocycles. The summed E-state index contributed by atoms with van der Waals surface area (Å²) in [4.78, 5) is 20.9. The molecule has 0 saturated heterocycles. The molecule has 2 aromatic rings. The Hall–Kier alpha value is -0.880. The summed E-state index contributed by atoms with van der Waals surface area (Å²) >= 11 is 7.65. The van der Waals surface area contributed by atoms with Crippen molar-refractivity contribution in [2.45, 2.75) is 26.7 Å². The van der Waals surface area contributed by atoms with Crippen LogP contribution in [0.2, 0.25) is 5.02 Å². The van der Waals surface area contributed by atoms with Crippen molar-refractivity contribution in [3.63, 3.8) is 0 Å². The van der Waals surface area contributed by atoms with E-state index in [0.717, 1.165) is 33.9 Å². The van der Waals surface area contributed by atoms with Crippen LogP contribution in [-0.2, 0) is 4.79 Å². The summed E-state index contributed by atoms with van der Waals surface area (Å²) in [6, 6.07) is 3.82. The second-order valence-electron chi connectivity index (χ2n) is 5.62. The van der Waals surface area contributed by atoms with E-state index in [4.69, 9.17) is 11.6 Å². The predicted octanol–water partition coefficient (Wildman–Crippen LogP) is 4.37. The average molecular weight is 376 g/mol. The van der Waals surface area contributed by atoms with Crippen LogP contribution in [0.4, 0.5) is 5.13 Å². The highest BCUT2D eigenvalue weighted by molar-refractivity contribution is 7.22. The molecule has 0 atom stereocenters. The third-order valence-corrected chi connectivity index (χ3v) is 4.70. The molecule has 128 valence electrons. The lowest BCUT2D eigenvalue weighted by atomic mass is 10.2. The summed E-state index contributed by atoms with van der Waals surface area (Å²) in [5.74, 6) is 0.113. The van der Waals surface area contributed by atoms with E-state index < -0.39 is 0 Å². The third-order valence-electron chi connectivity index (χ3n) is 3.46. The van der Waals surface area contributed by atoms with Crippen LogP contribution in [0.3, 0.4) is 0 Å². The lowest BCUT2D eigenvalue weighted by Gasteiger charge is -2.20. The Morgan fingerprint density at radius 1 is 1.30 bits per heavy atom. The van der Waals surface area contributed by atoms with E-state index in [1.165, 1.54) is 11.3 Å². The number of hydrogen-bond donors (Lipinski definition) is 0. The zero-order valence-corrected chi connectivity index (χ0v) is 16.3. The molecular formula is C16H23Cl2N3OS. The number of carbonyl (C=O) groups excluding carboxylic acids is 1. The number of amides is 1. The number of anilines is 1. The van der Waals surface area contributed by atoms with E-state index in [0.29, 0.717) is 18.0 Å². The molecular weight excluding hydrogens is 353 g/mol. The van der Waals surface area contributed by atoms with Crippen molar-refractivity contribution in [2.75, 3.05) is 32.1 Å². The van der Waals surface area contributed by atoms with Crippen molar-refractivity contribution in [1.29, 1.82) is 0 Å². The minimum absolute atomic E-state index is 0. The summed E-state index contributed by atoms with van der Waals surface area (Å²) < 4.78 is 1.03. The molecule has 0 radical (unpaired) electrons. The number of rotatable bonds is 6. The lowest BCUT2D eigenvalue weighted by Crippen LogP contribution is -2.32. The maximum Gasteiger partial charge on any atom is 0.228 e. The molecule has 0 aliphatic heterocycles. The maximum absolute atomic E-state index is 12.3. The fourth-order valence-corrected chi connectivity index (χ4v) is 3.78. The molecule has 0 fully saturated rings. The van der Waals surface area contributed by atoms with Crippen molar-refractivity contribution in [3.8, 4) is 0 Å². The first-order valence-corrected chi connectivity index (χ1v) is 8.63. The molecule has 1 aromatic heterocycles. The monoisotopic (exact) mass is 375 g/mol. The molecule has 0 saturated carbocycles. The molecule has 7 heteroatoms. The maximum atomic E-state index is 12.3. The van der Waals surface area contributed by atoms with Gasteiger partial charge in [0.05, 0.1) is 10.2 Å². The van der Waals surface area contributed by atoms with Crippen molar-refractivity contribution >= 4 is 56.6 Å². The van der Waals surface area contributed by atoms with Gasteiger partial charge in [-0.05, 0) is 51.7 Å². The van der Waals surface area contributed by atoms with Crippen LogP contribution in [0.1, 0.15) is 25.3 Å². The number of carbonyl (C=O) groups is 1. The fourth-order valence-electron chi connectivity index (χ4n) is 2.32. The topological polar surface area (TPSA) is 36.4 Å². The van der Waals surface area contributed by atoms with Gasteiger partial charge in [0.2, 0.25) is 5.91 Å². The standard InChI is InChI=1S/C16H22ClN3OS.ClH/c1-5-14(21)20(8-6-7-19(3)4)16-18-15-11(2)9-12(17)10-13(15)22-16;/h9-10H,5-8H2,1-4H3;1H. The SMILES string of the molecule is CCC(=O)N(CCCN(C)C)c1nc2c(C)cc(Cl)cc2s1.Cl. The van der Waals surface area contributed by atoms with Gasteiger partial charge >= 0.3 is 0 Å². The van der Waals surface area contributed by atoms with E-state index >= 15 is 0 Å². The summed E-state index contributed by atoms with van der Waals surface area (Å²) in [5.41, 5.74) is 1.98. The number of hydrogen-bond acceptors (Lipinski definition) is 4. The van der Waals surface area contributed by atoms with Crippen LogP contribution in [-0.4, -0.2) is 43.0 Å². The number of halogens is 2. The molecule has 0 N–H and O–H groups in total. The van der Waals surface area contributed by atoms with Gasteiger partial charge in [-0.15, -0.1) is 12.4 Å². The third kappa shape index (κ3) is 5.05. The highest BCUT2D eigenvalue weighted by atomic mass is 35.5. The molecule has 1 aromatic carbocycles. The van der Waals surface area contributed by atoms with E-state index in [-0.39, 0.29) is 18.3 Å². The fraction of sp³-hybridized carbons (Fsp3) is 0.500. The zero-order valence-electron chi connectivity index (χ0n) is 13.9. The van der Waals surface area contributed by atoms with Crippen LogP contribution < -0.4 is 4.90 Å². The minimum Gasteiger partial charge on any atom is -0.309 e. The summed E-state index contributed by atoms with van der Waals surface area (Å²) in [5, 5.41) is 1.48. The highest BCUT2D eigenvalue weighted by Gasteiger charge is 2.19. The Balaban J connectivity index is 0.00000264. The molecule has 4 nitrogen and oxygen atoms in total. The first kappa shape index (κ1) is 20.2. The summed E-state index contributed by atoms with van der Waals surface area (Å²) in [7, 11) is 4.07. The molecule has 0 unspecified atom stereocenters. The Bertz CT molecular complexity index is 673. The Morgan fingerprint density at radius 3 is 2.61 bits per heavy atom. The first-order valence-electron chi connectivity index (χ1n) is 7.44. The normalized spacial score (nSPS) is 10.9. The van der Waals surface area contributed by atoms with Gasteiger partial charge in [-0.1, -0.05) is 29.9 Å². The van der Waals surface area contributed by atoms with Crippen LogP contribution in [0.15, 0.2) is 12.1 Å². The Morgan fingerprint density at radius 2 is 2.00 bits per heavy atom. The number of aromatic nitrogens is 1. The number of thiazole rings is 1. The highest BCUT2D eigenvalue weighted by Crippen LogP contribution is 2.33. The molecule has 2 rings (SSSR count). The zero-order chi connectivity index (χ0) is 16.3. The van der Waals surface area contributed by atoms with Gasteiger partial charge in [0.25, 0.3) is 0 Å². The van der Waals surface area contributed by atoms with E-state index in [1.807, 2.05) is 45.0 Å². The summed E-state index contributed by atoms with van der Waals surface area (Å²) in [6.07, 6.45) is 1.41. The van der Waals surface area contributed by atoms with Gasteiger partial charge in [-0.25, -0.2) is 4.98 Å². The second-order valence-corrected chi connectivity index (χ2v) is 7.07. The average Bonchev–Trinajstić information content (AvgIpc) is 2.86. The molecule has 0 bridgehead atoms.